The molecule has 0 saturated carbocycles. The van der Waals surface area contributed by atoms with E-state index in [0.29, 0.717) is 12.0 Å². The second kappa shape index (κ2) is 7.02. The van der Waals surface area contributed by atoms with Crippen LogP contribution in [-0.4, -0.2) is 11.0 Å². The topological polar surface area (TPSA) is 24.9 Å². The summed E-state index contributed by atoms with van der Waals surface area (Å²) in [6, 6.07) is 0.603. The Morgan fingerprint density at radius 3 is 2.69 bits per heavy atom. The predicted molar refractivity (Wildman–Crippen MR) is 72.0 cm³/mol. The van der Waals surface area contributed by atoms with Crippen molar-refractivity contribution in [2.24, 2.45) is 0 Å². The third kappa shape index (κ3) is 4.62. The van der Waals surface area contributed by atoms with E-state index in [9.17, 15) is 0 Å². The Morgan fingerprint density at radius 1 is 1.38 bits per heavy atom. The molecule has 0 aromatic carbocycles. The molecule has 0 fully saturated rings. The van der Waals surface area contributed by atoms with Crippen LogP contribution in [0.15, 0.2) is 5.38 Å². The number of thiazole rings is 1. The van der Waals surface area contributed by atoms with Crippen molar-refractivity contribution in [2.75, 3.05) is 0 Å². The fourth-order valence-corrected chi connectivity index (χ4v) is 2.45. The minimum absolute atomic E-state index is 0.544. The molecule has 0 aliphatic heterocycles. The van der Waals surface area contributed by atoms with Gasteiger partial charge in [0.15, 0.2) is 0 Å². The molecule has 3 heteroatoms. The summed E-state index contributed by atoms with van der Waals surface area (Å²) >= 11 is 1.77. The molecule has 1 heterocycles. The van der Waals surface area contributed by atoms with E-state index < -0.39 is 0 Å². The molecule has 1 rings (SSSR count). The van der Waals surface area contributed by atoms with Crippen molar-refractivity contribution in [1.29, 1.82) is 0 Å². The van der Waals surface area contributed by atoms with E-state index in [1.165, 1.54) is 30.0 Å². The highest BCUT2D eigenvalue weighted by molar-refractivity contribution is 7.09. The number of nitrogens with zero attached hydrogens (tertiary/aromatic N) is 1. The molecule has 0 saturated heterocycles. The maximum Gasteiger partial charge on any atom is 0.107 e. The van der Waals surface area contributed by atoms with Gasteiger partial charge in [0, 0.05) is 18.0 Å². The molecular formula is C13H24N2S. The Balaban J connectivity index is 2.31. The zero-order valence-corrected chi connectivity index (χ0v) is 11.7. The van der Waals surface area contributed by atoms with E-state index in [-0.39, 0.29) is 0 Å². The van der Waals surface area contributed by atoms with Crippen LogP contribution >= 0.6 is 11.3 Å². The molecule has 1 aromatic heterocycles. The molecule has 1 unspecified atom stereocenters. The normalized spacial score (nSPS) is 13.3. The van der Waals surface area contributed by atoms with Gasteiger partial charge < -0.3 is 5.32 Å². The van der Waals surface area contributed by atoms with Crippen LogP contribution in [0.25, 0.3) is 0 Å². The van der Waals surface area contributed by atoms with Crippen LogP contribution in [0.1, 0.15) is 63.6 Å². The summed E-state index contributed by atoms with van der Waals surface area (Å²) in [6.45, 7) is 9.80. The van der Waals surface area contributed by atoms with Gasteiger partial charge in [-0.1, -0.05) is 33.6 Å². The number of unbranched alkanes of at least 4 members (excludes halogenated alkanes) is 1. The predicted octanol–water partition coefficient (Wildman–Crippen LogP) is 3.93. The van der Waals surface area contributed by atoms with Crippen LogP contribution in [0.5, 0.6) is 0 Å². The summed E-state index contributed by atoms with van der Waals surface area (Å²) in [5, 5.41) is 6.93. The lowest BCUT2D eigenvalue weighted by atomic mass is 10.1. The molecule has 0 aliphatic carbocycles. The number of aromatic nitrogens is 1. The van der Waals surface area contributed by atoms with Gasteiger partial charge in [0.25, 0.3) is 0 Å². The summed E-state index contributed by atoms with van der Waals surface area (Å²) in [5.41, 5.74) is 1.23. The highest BCUT2D eigenvalue weighted by Gasteiger charge is 2.06. The summed E-state index contributed by atoms with van der Waals surface area (Å²) in [4.78, 5) is 4.62. The molecule has 0 spiro atoms. The summed E-state index contributed by atoms with van der Waals surface area (Å²) in [6.07, 6.45) is 3.85. The van der Waals surface area contributed by atoms with Gasteiger partial charge in [0.2, 0.25) is 0 Å². The minimum atomic E-state index is 0.544. The Kier molecular flexibility index (Phi) is 5.99. The minimum Gasteiger partial charge on any atom is -0.308 e. The summed E-state index contributed by atoms with van der Waals surface area (Å²) < 4.78 is 0. The molecular weight excluding hydrogens is 216 g/mol. The van der Waals surface area contributed by atoms with E-state index >= 15 is 0 Å². The first-order valence-corrected chi connectivity index (χ1v) is 7.19. The van der Waals surface area contributed by atoms with Crippen LogP contribution in [0.2, 0.25) is 0 Å². The summed E-state index contributed by atoms with van der Waals surface area (Å²) in [5.74, 6) is 0.544. The molecule has 0 amide bonds. The highest BCUT2D eigenvalue weighted by atomic mass is 32.1. The molecule has 0 bridgehead atoms. The molecule has 1 aromatic rings. The van der Waals surface area contributed by atoms with Gasteiger partial charge in [-0.2, -0.15) is 0 Å². The fraction of sp³-hybridized carbons (Fsp3) is 0.769. The first-order chi connectivity index (χ1) is 7.63. The lowest BCUT2D eigenvalue weighted by Crippen LogP contribution is -2.25. The average Bonchev–Trinajstić information content (AvgIpc) is 2.72. The second-order valence-electron chi connectivity index (χ2n) is 4.74. The number of hydrogen-bond acceptors (Lipinski definition) is 3. The second-order valence-corrected chi connectivity index (χ2v) is 5.69. The van der Waals surface area contributed by atoms with Crippen LogP contribution < -0.4 is 5.32 Å². The fourth-order valence-electron chi connectivity index (χ4n) is 1.55. The van der Waals surface area contributed by atoms with E-state index in [1.807, 2.05) is 0 Å². The van der Waals surface area contributed by atoms with Gasteiger partial charge in [0.1, 0.15) is 5.01 Å². The Hall–Kier alpha value is -0.410. The zero-order chi connectivity index (χ0) is 12.0. The molecule has 2 nitrogen and oxygen atoms in total. The molecule has 16 heavy (non-hydrogen) atoms. The third-order valence-corrected chi connectivity index (χ3v) is 3.62. The van der Waals surface area contributed by atoms with Crippen LogP contribution in [0.3, 0.4) is 0 Å². The van der Waals surface area contributed by atoms with E-state index in [2.05, 4.69) is 43.4 Å². The lowest BCUT2D eigenvalue weighted by Gasteiger charge is -2.11. The number of rotatable bonds is 7. The van der Waals surface area contributed by atoms with Gasteiger partial charge in [-0.05, 0) is 19.3 Å². The van der Waals surface area contributed by atoms with Crippen molar-refractivity contribution >= 4 is 11.3 Å². The first-order valence-electron chi connectivity index (χ1n) is 6.31. The Bertz CT molecular complexity index is 294. The third-order valence-electron chi connectivity index (χ3n) is 2.75. The van der Waals surface area contributed by atoms with Gasteiger partial charge in [-0.25, -0.2) is 4.98 Å². The first kappa shape index (κ1) is 13.7. The molecule has 0 aliphatic rings. The maximum absolute atomic E-state index is 4.62. The van der Waals surface area contributed by atoms with E-state index in [1.54, 1.807) is 11.3 Å². The van der Waals surface area contributed by atoms with Crippen molar-refractivity contribution in [3.63, 3.8) is 0 Å². The molecule has 92 valence electrons. The average molecular weight is 240 g/mol. The maximum atomic E-state index is 4.62. The number of hydrogen-bond donors (Lipinski definition) is 1. The quantitative estimate of drug-likeness (QED) is 0.781. The molecule has 0 radical (unpaired) electrons. The van der Waals surface area contributed by atoms with Crippen LogP contribution in [0, 0.1) is 0 Å². The van der Waals surface area contributed by atoms with Crippen LogP contribution in [-0.2, 0) is 6.54 Å². The standard InChI is InChI=1S/C13H24N2S/c1-5-6-7-11(4)14-8-13-15-12(9-16-13)10(2)3/h9-11,14H,5-8H2,1-4H3. The number of nitrogens with one attached hydrogen (secondary N) is 1. The van der Waals surface area contributed by atoms with E-state index in [4.69, 9.17) is 0 Å². The largest absolute Gasteiger partial charge is 0.308 e. The van der Waals surface area contributed by atoms with Crippen molar-refractivity contribution in [3.05, 3.63) is 16.1 Å². The van der Waals surface area contributed by atoms with Crippen molar-refractivity contribution in [2.45, 2.75) is 65.5 Å². The lowest BCUT2D eigenvalue weighted by molar-refractivity contribution is 0.494. The van der Waals surface area contributed by atoms with Crippen molar-refractivity contribution in [1.82, 2.24) is 10.3 Å². The molecule has 1 atom stereocenters. The van der Waals surface area contributed by atoms with Crippen molar-refractivity contribution in [3.8, 4) is 0 Å². The van der Waals surface area contributed by atoms with Gasteiger partial charge in [0.05, 0.1) is 5.69 Å². The SMILES string of the molecule is CCCCC(C)NCc1nc(C(C)C)cs1. The van der Waals surface area contributed by atoms with Gasteiger partial charge in [-0.15, -0.1) is 11.3 Å². The van der Waals surface area contributed by atoms with Crippen molar-refractivity contribution < 1.29 is 0 Å². The van der Waals surface area contributed by atoms with Gasteiger partial charge >= 0.3 is 0 Å². The highest BCUT2D eigenvalue weighted by Crippen LogP contribution is 2.17. The Morgan fingerprint density at radius 2 is 2.12 bits per heavy atom. The zero-order valence-electron chi connectivity index (χ0n) is 10.9. The van der Waals surface area contributed by atoms with E-state index in [0.717, 1.165) is 6.54 Å². The monoisotopic (exact) mass is 240 g/mol. The Labute approximate surface area is 103 Å². The summed E-state index contributed by atoms with van der Waals surface area (Å²) in [7, 11) is 0. The smallest absolute Gasteiger partial charge is 0.107 e. The van der Waals surface area contributed by atoms with Gasteiger partial charge in [-0.3, -0.25) is 0 Å². The van der Waals surface area contributed by atoms with Crippen LogP contribution in [0.4, 0.5) is 0 Å². The molecule has 1 N–H and O–H groups in total.